The lowest BCUT2D eigenvalue weighted by molar-refractivity contribution is -0.116. The highest BCUT2D eigenvalue weighted by Gasteiger charge is 2.29. The maximum absolute atomic E-state index is 13.2. The van der Waals surface area contributed by atoms with E-state index in [1.165, 1.54) is 0 Å². The Kier molecular flexibility index (Phi) is 8.19. The Morgan fingerprint density at radius 1 is 1.03 bits per heavy atom. The summed E-state index contributed by atoms with van der Waals surface area (Å²) < 4.78 is 17.2. The van der Waals surface area contributed by atoms with Crippen LogP contribution in [0.4, 0.5) is 10.5 Å². The van der Waals surface area contributed by atoms with Crippen LogP contribution < -0.4 is 10.1 Å². The molecule has 9 heteroatoms. The number of benzene rings is 1. The molecule has 3 rings (SSSR count). The highest BCUT2D eigenvalue weighted by molar-refractivity contribution is 6.06. The molecule has 9 nitrogen and oxygen atoms in total. The van der Waals surface area contributed by atoms with Crippen molar-refractivity contribution >= 4 is 23.9 Å². The van der Waals surface area contributed by atoms with E-state index in [0.29, 0.717) is 56.5 Å². The summed E-state index contributed by atoms with van der Waals surface area (Å²) in [5, 5.41) is 10.9. The molecule has 0 aliphatic carbocycles. The molecular formula is C24H34N4O5. The van der Waals surface area contributed by atoms with E-state index in [1.807, 2.05) is 43.9 Å². The second-order valence-corrected chi connectivity index (χ2v) is 9.02. The predicted octanol–water partition coefficient (Wildman–Crippen LogP) is 3.62. The number of hydrogen-bond donors (Lipinski definition) is 2. The Morgan fingerprint density at radius 2 is 1.67 bits per heavy atom. The van der Waals surface area contributed by atoms with Crippen LogP contribution in [0.2, 0.25) is 0 Å². The van der Waals surface area contributed by atoms with E-state index in [0.717, 1.165) is 25.5 Å². The number of fused-ring (bicyclic) bond motifs is 1. The Bertz CT molecular complexity index is 885. The molecule has 2 N–H and O–H groups in total. The van der Waals surface area contributed by atoms with Crippen molar-refractivity contribution in [2.45, 2.75) is 45.6 Å². The van der Waals surface area contributed by atoms with Crippen LogP contribution in [0.3, 0.4) is 0 Å². The van der Waals surface area contributed by atoms with Crippen LogP contribution in [0, 0.1) is 5.41 Å². The van der Waals surface area contributed by atoms with E-state index in [4.69, 9.17) is 19.6 Å². The van der Waals surface area contributed by atoms with Crippen molar-refractivity contribution in [1.82, 2.24) is 9.80 Å². The van der Waals surface area contributed by atoms with E-state index >= 15 is 0 Å². The molecule has 0 aromatic heterocycles. The molecule has 0 saturated carbocycles. The number of rotatable bonds is 2. The number of nitrogens with one attached hydrogen (secondary N) is 2. The fourth-order valence-corrected chi connectivity index (χ4v) is 3.62. The summed E-state index contributed by atoms with van der Waals surface area (Å²) >= 11 is 0. The smallest absolute Gasteiger partial charge is 0.410 e. The van der Waals surface area contributed by atoms with Gasteiger partial charge in [0.05, 0.1) is 18.9 Å². The normalized spacial score (nSPS) is 19.5. The van der Waals surface area contributed by atoms with E-state index in [1.54, 1.807) is 11.0 Å². The minimum Gasteiger partial charge on any atom is -0.491 e. The quantitative estimate of drug-likeness (QED) is 0.518. The highest BCUT2D eigenvalue weighted by Crippen LogP contribution is 2.26. The second-order valence-electron chi connectivity index (χ2n) is 9.02. The average molecular weight is 459 g/mol. The third-order valence-electron chi connectivity index (χ3n) is 5.28. The van der Waals surface area contributed by atoms with Gasteiger partial charge >= 0.3 is 6.09 Å². The van der Waals surface area contributed by atoms with Gasteiger partial charge in [0.25, 0.3) is 5.91 Å². The molecule has 0 radical (unpaired) electrons. The predicted molar refractivity (Wildman–Crippen MR) is 126 cm³/mol. The summed E-state index contributed by atoms with van der Waals surface area (Å²) in [5.74, 6) is 0.277. The zero-order valence-corrected chi connectivity index (χ0v) is 19.7. The van der Waals surface area contributed by atoms with Crippen molar-refractivity contribution in [3.63, 3.8) is 0 Å². The summed E-state index contributed by atoms with van der Waals surface area (Å²) in [6.45, 7) is 8.23. The SMILES string of the molecule is CC(C)(C)OC(=O)N1CCN(C(C=N)=C2OCCCCCOc3ccccc3NC2=O)CC1. The third kappa shape index (κ3) is 6.87. The molecule has 2 heterocycles. The summed E-state index contributed by atoms with van der Waals surface area (Å²) in [5.41, 5.74) is 0.394. The van der Waals surface area contributed by atoms with Crippen LogP contribution in [0.15, 0.2) is 35.7 Å². The van der Waals surface area contributed by atoms with Crippen molar-refractivity contribution in [3.05, 3.63) is 35.7 Å². The van der Waals surface area contributed by atoms with Gasteiger partial charge in [0.15, 0.2) is 0 Å². The van der Waals surface area contributed by atoms with E-state index in [-0.39, 0.29) is 11.9 Å². The number of piperazine rings is 1. The summed E-state index contributed by atoms with van der Waals surface area (Å²) in [4.78, 5) is 29.1. The van der Waals surface area contributed by atoms with Gasteiger partial charge in [-0.05, 0) is 52.2 Å². The molecule has 1 aromatic carbocycles. The van der Waals surface area contributed by atoms with Crippen molar-refractivity contribution < 1.29 is 23.8 Å². The largest absolute Gasteiger partial charge is 0.491 e. The molecule has 180 valence electrons. The molecular weight excluding hydrogens is 424 g/mol. The van der Waals surface area contributed by atoms with Gasteiger partial charge in [-0.1, -0.05) is 12.1 Å². The number of para-hydroxylation sites is 2. The molecule has 0 bridgehead atoms. The number of carbonyl (C=O) groups excluding carboxylic acids is 2. The first-order valence-corrected chi connectivity index (χ1v) is 11.4. The zero-order valence-electron chi connectivity index (χ0n) is 19.7. The molecule has 1 fully saturated rings. The first kappa shape index (κ1) is 24.4. The molecule has 0 unspecified atom stereocenters. The number of anilines is 1. The van der Waals surface area contributed by atoms with Crippen molar-refractivity contribution in [1.29, 1.82) is 5.41 Å². The van der Waals surface area contributed by atoms with Gasteiger partial charge in [0.1, 0.15) is 17.0 Å². The minimum absolute atomic E-state index is 0.103. The third-order valence-corrected chi connectivity index (χ3v) is 5.28. The van der Waals surface area contributed by atoms with Crippen LogP contribution in [-0.2, 0) is 14.3 Å². The lowest BCUT2D eigenvalue weighted by atomic mass is 10.2. The van der Waals surface area contributed by atoms with Crippen LogP contribution >= 0.6 is 0 Å². The zero-order chi connectivity index (χ0) is 23.8. The Balaban J connectivity index is 1.78. The van der Waals surface area contributed by atoms with Gasteiger partial charge in [0, 0.05) is 32.4 Å². The Labute approximate surface area is 195 Å². The number of hydrogen-bond acceptors (Lipinski definition) is 7. The fourth-order valence-electron chi connectivity index (χ4n) is 3.62. The standard InChI is InChI=1S/C24H34N4O5/c1-24(2,3)33-23(30)28-13-11-27(12-14-28)19(17-25)21-22(29)26-18-9-5-6-10-20(18)31-15-7-4-8-16-32-21/h5-6,9-10,17,25H,4,7-8,11-16H2,1-3H3,(H,26,29). The van der Waals surface area contributed by atoms with Gasteiger partial charge in [0.2, 0.25) is 5.76 Å². The summed E-state index contributed by atoms with van der Waals surface area (Å²) in [6, 6.07) is 7.28. The second kappa shape index (κ2) is 11.1. The number of carbonyl (C=O) groups is 2. The van der Waals surface area contributed by atoms with Crippen LogP contribution in [0.1, 0.15) is 40.0 Å². The number of nitrogens with zero attached hydrogens (tertiary/aromatic N) is 2. The lowest BCUT2D eigenvalue weighted by Crippen LogP contribution is -2.50. The van der Waals surface area contributed by atoms with Gasteiger partial charge in [-0.3, -0.25) is 4.79 Å². The first-order valence-electron chi connectivity index (χ1n) is 11.4. The van der Waals surface area contributed by atoms with Gasteiger partial charge < -0.3 is 34.7 Å². The summed E-state index contributed by atoms with van der Waals surface area (Å²) in [7, 11) is 0. The number of amides is 2. The highest BCUT2D eigenvalue weighted by atomic mass is 16.6. The van der Waals surface area contributed by atoms with E-state index in [2.05, 4.69) is 5.32 Å². The molecule has 2 aliphatic heterocycles. The molecule has 2 amide bonds. The van der Waals surface area contributed by atoms with E-state index < -0.39 is 11.5 Å². The Hall–Kier alpha value is -3.23. The number of allylic oxidation sites excluding steroid dienone is 1. The molecule has 1 aromatic rings. The monoisotopic (exact) mass is 458 g/mol. The molecule has 1 saturated heterocycles. The van der Waals surface area contributed by atoms with Crippen molar-refractivity contribution in [2.75, 3.05) is 44.7 Å². The van der Waals surface area contributed by atoms with Crippen molar-refractivity contribution in [3.8, 4) is 5.75 Å². The Morgan fingerprint density at radius 3 is 2.33 bits per heavy atom. The van der Waals surface area contributed by atoms with Crippen molar-refractivity contribution in [2.24, 2.45) is 0 Å². The van der Waals surface area contributed by atoms with Crippen LogP contribution in [0.25, 0.3) is 0 Å². The molecule has 0 atom stereocenters. The lowest BCUT2D eigenvalue weighted by Gasteiger charge is -2.37. The first-order chi connectivity index (χ1) is 15.8. The number of ether oxygens (including phenoxy) is 3. The van der Waals surface area contributed by atoms with Crippen LogP contribution in [0.5, 0.6) is 5.75 Å². The molecule has 33 heavy (non-hydrogen) atoms. The van der Waals surface area contributed by atoms with Gasteiger partial charge in [-0.15, -0.1) is 0 Å². The maximum atomic E-state index is 13.2. The fraction of sp³-hybridized carbons (Fsp3) is 0.542. The van der Waals surface area contributed by atoms with Gasteiger partial charge in [-0.25, -0.2) is 4.79 Å². The average Bonchev–Trinajstić information content (AvgIpc) is 2.77. The molecule has 0 spiro atoms. The van der Waals surface area contributed by atoms with Crippen LogP contribution in [-0.4, -0.2) is 73.0 Å². The van der Waals surface area contributed by atoms with Gasteiger partial charge in [-0.2, -0.15) is 0 Å². The summed E-state index contributed by atoms with van der Waals surface area (Å²) in [6.07, 6.45) is 3.36. The minimum atomic E-state index is -0.560. The topological polar surface area (TPSA) is 104 Å². The maximum Gasteiger partial charge on any atom is 0.410 e. The molecule has 2 aliphatic rings. The van der Waals surface area contributed by atoms with E-state index in [9.17, 15) is 9.59 Å².